The van der Waals surface area contributed by atoms with Crippen molar-refractivity contribution in [2.45, 2.75) is 53.3 Å². The number of rotatable bonds is 8. The number of hydrogen-bond acceptors (Lipinski definition) is 4. The van der Waals surface area contributed by atoms with E-state index in [-0.39, 0.29) is 0 Å². The largest absolute Gasteiger partial charge is 0.393 e. The van der Waals surface area contributed by atoms with Crippen LogP contribution in [-0.2, 0) is 13.6 Å². The van der Waals surface area contributed by atoms with E-state index in [2.05, 4.69) is 0 Å². The van der Waals surface area contributed by atoms with E-state index in [4.69, 9.17) is 13.6 Å². The van der Waals surface area contributed by atoms with E-state index in [1.807, 2.05) is 41.2 Å². The molecular weight excluding hydrogens is 236 g/mol. The van der Waals surface area contributed by atoms with E-state index >= 15 is 0 Å². The van der Waals surface area contributed by atoms with Crippen molar-refractivity contribution in [2.24, 2.45) is 0 Å². The maximum atomic E-state index is 9.65. The van der Waals surface area contributed by atoms with E-state index in [0.29, 0.717) is 19.6 Å². The molecule has 0 aliphatic rings. The van der Waals surface area contributed by atoms with Crippen molar-refractivity contribution in [3.63, 3.8) is 0 Å². The second-order valence-electron chi connectivity index (χ2n) is 3.59. The Morgan fingerprint density at radius 2 is 1.29 bits per heavy atom. The van der Waals surface area contributed by atoms with Gasteiger partial charge in [0.15, 0.2) is 0 Å². The summed E-state index contributed by atoms with van der Waals surface area (Å²) in [6, 6.07) is 0. The van der Waals surface area contributed by atoms with Gasteiger partial charge in [-0.25, -0.2) is 0 Å². The molecule has 4 nitrogen and oxygen atoms in total. The lowest BCUT2D eigenvalue weighted by molar-refractivity contribution is 0.114. The highest BCUT2D eigenvalue weighted by Crippen LogP contribution is 2.14. The molecule has 17 heavy (non-hydrogen) atoms. The highest BCUT2D eigenvalue weighted by molar-refractivity contribution is 6.67. The van der Waals surface area contributed by atoms with Gasteiger partial charge < -0.3 is 18.7 Å². The molecule has 0 aliphatic heterocycles. The van der Waals surface area contributed by atoms with Crippen molar-refractivity contribution in [1.82, 2.24) is 0 Å². The van der Waals surface area contributed by atoms with Crippen LogP contribution in [0.25, 0.3) is 0 Å². The summed E-state index contributed by atoms with van der Waals surface area (Å²) < 4.78 is 15.8. The van der Waals surface area contributed by atoms with Crippen molar-refractivity contribution < 1.29 is 18.7 Å². The summed E-state index contributed by atoms with van der Waals surface area (Å²) in [5.74, 6) is 0. The predicted molar refractivity (Wildman–Crippen MR) is 73.3 cm³/mol. The molecule has 106 valence electrons. The first kappa shape index (κ1) is 19.4. The van der Waals surface area contributed by atoms with Gasteiger partial charge in [0.1, 0.15) is 0 Å². The molecule has 0 bridgehead atoms. The van der Waals surface area contributed by atoms with Gasteiger partial charge in [-0.1, -0.05) is 6.92 Å². The topological polar surface area (TPSA) is 47.9 Å². The van der Waals surface area contributed by atoms with Gasteiger partial charge in [-0.2, -0.15) is 0 Å². The molecule has 5 heteroatoms. The Balaban J connectivity index is 0. The Bertz CT molecular complexity index is 147. The highest BCUT2D eigenvalue weighted by atomic mass is 28.4. The standard InChI is InChI=1S/C8H20O3Si.C4H10O/c1-5-8(9)12(4,10-6-2)11-7-3;1-3-5-4-2/h8-9H,5-7H2,1-4H3;3-4H2,1-2H3. The van der Waals surface area contributed by atoms with Gasteiger partial charge in [-0.05, 0) is 40.7 Å². The smallest absolute Gasteiger partial charge is 0.364 e. The first-order valence-corrected chi connectivity index (χ1v) is 8.95. The lowest BCUT2D eigenvalue weighted by atomic mass is 10.5. The van der Waals surface area contributed by atoms with Gasteiger partial charge in [-0.3, -0.25) is 0 Å². The van der Waals surface area contributed by atoms with Crippen LogP contribution in [-0.4, -0.2) is 45.8 Å². The van der Waals surface area contributed by atoms with E-state index in [9.17, 15) is 5.11 Å². The first-order valence-electron chi connectivity index (χ1n) is 6.55. The van der Waals surface area contributed by atoms with Gasteiger partial charge in [0.05, 0.1) is 5.73 Å². The lowest BCUT2D eigenvalue weighted by Gasteiger charge is -2.29. The molecule has 1 atom stereocenters. The second-order valence-corrected chi connectivity index (χ2v) is 6.86. The van der Waals surface area contributed by atoms with Crippen LogP contribution in [0.1, 0.15) is 41.0 Å². The van der Waals surface area contributed by atoms with Gasteiger partial charge >= 0.3 is 8.56 Å². The third-order valence-electron chi connectivity index (χ3n) is 2.26. The fourth-order valence-corrected chi connectivity index (χ4v) is 3.74. The monoisotopic (exact) mass is 266 g/mol. The molecule has 0 rings (SSSR count). The zero-order chi connectivity index (χ0) is 13.7. The van der Waals surface area contributed by atoms with Gasteiger partial charge in [0.25, 0.3) is 0 Å². The number of aliphatic hydroxyl groups is 1. The van der Waals surface area contributed by atoms with E-state index in [0.717, 1.165) is 13.2 Å². The molecule has 0 amide bonds. The van der Waals surface area contributed by atoms with Crippen LogP contribution in [0, 0.1) is 0 Å². The fourth-order valence-electron chi connectivity index (χ4n) is 1.38. The van der Waals surface area contributed by atoms with Gasteiger partial charge in [-0.15, -0.1) is 0 Å². The summed E-state index contributed by atoms with van der Waals surface area (Å²) in [5, 5.41) is 9.65. The minimum absolute atomic E-state index is 0.419. The van der Waals surface area contributed by atoms with E-state index in [1.165, 1.54) is 0 Å². The van der Waals surface area contributed by atoms with Crippen LogP contribution in [0.15, 0.2) is 0 Å². The van der Waals surface area contributed by atoms with Crippen LogP contribution < -0.4 is 0 Å². The van der Waals surface area contributed by atoms with Crippen molar-refractivity contribution in [3.05, 3.63) is 0 Å². The lowest BCUT2D eigenvalue weighted by Crippen LogP contribution is -2.50. The molecule has 0 spiro atoms. The number of ether oxygens (including phenoxy) is 1. The van der Waals surface area contributed by atoms with Crippen LogP contribution in [0.5, 0.6) is 0 Å². The second kappa shape index (κ2) is 12.5. The summed E-state index contributed by atoms with van der Waals surface area (Å²) in [6.07, 6.45) is 0.697. The minimum Gasteiger partial charge on any atom is -0.393 e. The summed E-state index contributed by atoms with van der Waals surface area (Å²) in [4.78, 5) is 0. The molecule has 0 radical (unpaired) electrons. The van der Waals surface area contributed by atoms with Crippen LogP contribution in [0.4, 0.5) is 0 Å². The SMILES string of the molecule is CCOCC.CCO[Si](C)(OCC)C(O)CC. The normalized spacial score (nSPS) is 12.9. The average Bonchev–Trinajstić information content (AvgIpc) is 2.30. The fraction of sp³-hybridized carbons (Fsp3) is 1.00. The Kier molecular flexibility index (Phi) is 14.3. The maximum absolute atomic E-state index is 9.65. The molecule has 0 fully saturated rings. The van der Waals surface area contributed by atoms with Crippen LogP contribution >= 0.6 is 0 Å². The van der Waals surface area contributed by atoms with Crippen molar-refractivity contribution >= 4 is 8.56 Å². The van der Waals surface area contributed by atoms with Gasteiger partial charge in [0, 0.05) is 26.4 Å². The molecule has 1 N–H and O–H groups in total. The third-order valence-corrected chi connectivity index (χ3v) is 5.60. The number of aliphatic hydroxyl groups excluding tert-OH is 1. The molecule has 0 aromatic carbocycles. The molecule has 0 aliphatic carbocycles. The zero-order valence-electron chi connectivity index (χ0n) is 12.3. The molecule has 0 aromatic heterocycles. The molecule has 1 unspecified atom stereocenters. The average molecular weight is 266 g/mol. The minimum atomic E-state index is -2.30. The van der Waals surface area contributed by atoms with Gasteiger partial charge in [0.2, 0.25) is 0 Å². The summed E-state index contributed by atoms with van der Waals surface area (Å²) in [7, 11) is -2.30. The van der Waals surface area contributed by atoms with E-state index < -0.39 is 14.3 Å². The zero-order valence-corrected chi connectivity index (χ0v) is 13.3. The maximum Gasteiger partial charge on any atom is 0.364 e. The van der Waals surface area contributed by atoms with Crippen molar-refractivity contribution in [2.75, 3.05) is 26.4 Å². The van der Waals surface area contributed by atoms with Crippen molar-refractivity contribution in [1.29, 1.82) is 0 Å². The predicted octanol–water partition coefficient (Wildman–Crippen LogP) is 2.48. The quantitative estimate of drug-likeness (QED) is 0.686. The molecular formula is C12H30O4Si. The number of hydrogen-bond donors (Lipinski definition) is 1. The van der Waals surface area contributed by atoms with Crippen LogP contribution in [0.2, 0.25) is 6.55 Å². The summed E-state index contributed by atoms with van der Waals surface area (Å²) in [5.41, 5.74) is -0.419. The Hall–Kier alpha value is 0.0569. The Labute approximate surface area is 108 Å². The molecule has 0 heterocycles. The molecule has 0 saturated carbocycles. The Morgan fingerprint density at radius 3 is 1.47 bits per heavy atom. The Morgan fingerprint density at radius 1 is 0.882 bits per heavy atom. The summed E-state index contributed by atoms with van der Waals surface area (Å²) in [6.45, 7) is 14.6. The summed E-state index contributed by atoms with van der Waals surface area (Å²) >= 11 is 0. The van der Waals surface area contributed by atoms with Crippen LogP contribution in [0.3, 0.4) is 0 Å². The molecule has 0 aromatic rings. The van der Waals surface area contributed by atoms with E-state index in [1.54, 1.807) is 0 Å². The third kappa shape index (κ3) is 9.73. The van der Waals surface area contributed by atoms with Crippen molar-refractivity contribution in [3.8, 4) is 0 Å². The highest BCUT2D eigenvalue weighted by Gasteiger charge is 2.38. The molecule has 0 saturated heterocycles. The first-order chi connectivity index (χ1) is 8.02.